The molecule has 142 valence electrons. The summed E-state index contributed by atoms with van der Waals surface area (Å²) in [6, 6.07) is 7.70. The lowest BCUT2D eigenvalue weighted by Crippen LogP contribution is -2.39. The SMILES string of the molecule is COC(=O)NC(=O)[C@H](C)OC(=O)c1cc2c(s1)-c1ccc(OC)cc1CC2. The van der Waals surface area contributed by atoms with Crippen molar-refractivity contribution in [3.05, 3.63) is 40.3 Å². The number of amides is 2. The Kier molecular flexibility index (Phi) is 5.46. The second kappa shape index (κ2) is 7.79. The molecule has 0 aliphatic heterocycles. The predicted molar refractivity (Wildman–Crippen MR) is 99.1 cm³/mol. The molecular weight excluding hydrogens is 370 g/mol. The van der Waals surface area contributed by atoms with Crippen LogP contribution in [0.2, 0.25) is 0 Å². The van der Waals surface area contributed by atoms with Crippen LogP contribution in [0.4, 0.5) is 4.79 Å². The smallest absolute Gasteiger partial charge is 0.413 e. The van der Waals surface area contributed by atoms with Crippen molar-refractivity contribution in [2.24, 2.45) is 0 Å². The van der Waals surface area contributed by atoms with Gasteiger partial charge in [-0.05, 0) is 60.7 Å². The fraction of sp³-hybridized carbons (Fsp3) is 0.316. The molecule has 3 rings (SSSR count). The third-order valence-electron chi connectivity index (χ3n) is 4.29. The van der Waals surface area contributed by atoms with Crippen molar-refractivity contribution in [1.29, 1.82) is 0 Å². The Hall–Kier alpha value is -2.87. The van der Waals surface area contributed by atoms with E-state index in [0.29, 0.717) is 4.88 Å². The maximum absolute atomic E-state index is 12.4. The van der Waals surface area contributed by atoms with E-state index in [9.17, 15) is 14.4 Å². The molecule has 1 heterocycles. The minimum Gasteiger partial charge on any atom is -0.497 e. The highest BCUT2D eigenvalue weighted by molar-refractivity contribution is 7.17. The van der Waals surface area contributed by atoms with Crippen LogP contribution in [-0.4, -0.2) is 38.3 Å². The highest BCUT2D eigenvalue weighted by Gasteiger charge is 2.25. The molecule has 1 aliphatic carbocycles. The molecule has 0 bridgehead atoms. The minimum absolute atomic E-state index is 0.418. The van der Waals surface area contributed by atoms with Gasteiger partial charge in [0.05, 0.1) is 14.2 Å². The second-order valence-electron chi connectivity index (χ2n) is 6.02. The van der Waals surface area contributed by atoms with E-state index >= 15 is 0 Å². The van der Waals surface area contributed by atoms with Crippen LogP contribution in [0.1, 0.15) is 27.7 Å². The van der Waals surface area contributed by atoms with Crippen LogP contribution < -0.4 is 10.1 Å². The molecule has 1 atom stereocenters. The number of hydrogen-bond acceptors (Lipinski definition) is 7. The van der Waals surface area contributed by atoms with Gasteiger partial charge in [0.2, 0.25) is 0 Å². The van der Waals surface area contributed by atoms with Gasteiger partial charge >= 0.3 is 12.1 Å². The van der Waals surface area contributed by atoms with E-state index in [0.717, 1.165) is 41.7 Å². The molecule has 2 amide bonds. The van der Waals surface area contributed by atoms with Gasteiger partial charge in [-0.3, -0.25) is 10.1 Å². The van der Waals surface area contributed by atoms with Crippen molar-refractivity contribution in [1.82, 2.24) is 5.32 Å². The van der Waals surface area contributed by atoms with Gasteiger partial charge in [0.25, 0.3) is 5.91 Å². The van der Waals surface area contributed by atoms with Gasteiger partial charge in [0.1, 0.15) is 10.6 Å². The Labute approximate surface area is 160 Å². The molecule has 2 aromatic rings. The lowest BCUT2D eigenvalue weighted by molar-refractivity contribution is -0.128. The average molecular weight is 389 g/mol. The summed E-state index contributed by atoms with van der Waals surface area (Å²) in [6.45, 7) is 1.39. The monoisotopic (exact) mass is 389 g/mol. The molecule has 0 spiro atoms. The van der Waals surface area contributed by atoms with Gasteiger partial charge in [-0.1, -0.05) is 0 Å². The van der Waals surface area contributed by atoms with Gasteiger partial charge in [-0.25, -0.2) is 9.59 Å². The summed E-state index contributed by atoms with van der Waals surface area (Å²) in [7, 11) is 2.77. The maximum Gasteiger partial charge on any atom is 0.413 e. The van der Waals surface area contributed by atoms with Gasteiger partial charge in [0, 0.05) is 4.88 Å². The minimum atomic E-state index is -1.12. The van der Waals surface area contributed by atoms with Crippen molar-refractivity contribution in [3.8, 4) is 16.2 Å². The number of nitrogens with one attached hydrogen (secondary N) is 1. The van der Waals surface area contributed by atoms with Crippen molar-refractivity contribution < 1.29 is 28.6 Å². The first kappa shape index (κ1) is 18.9. The Balaban J connectivity index is 1.76. The summed E-state index contributed by atoms with van der Waals surface area (Å²) in [6.07, 6.45) is -0.339. The quantitative estimate of drug-likeness (QED) is 0.809. The highest BCUT2D eigenvalue weighted by Crippen LogP contribution is 2.41. The molecule has 1 aliphatic rings. The van der Waals surface area contributed by atoms with Gasteiger partial charge in [-0.15, -0.1) is 11.3 Å². The first-order valence-corrected chi connectivity index (χ1v) is 9.14. The number of imide groups is 1. The van der Waals surface area contributed by atoms with Crippen LogP contribution in [0.15, 0.2) is 24.3 Å². The molecule has 0 fully saturated rings. The van der Waals surface area contributed by atoms with E-state index in [-0.39, 0.29) is 0 Å². The highest BCUT2D eigenvalue weighted by atomic mass is 32.1. The van der Waals surface area contributed by atoms with Crippen LogP contribution >= 0.6 is 11.3 Å². The standard InChI is InChI=1S/C19H19NO6S/c1-10(17(21)20-19(23)25-3)26-18(22)15-9-12-5-4-11-8-13(24-2)6-7-14(11)16(12)27-15/h6-10H,4-5H2,1-3H3,(H,20,21,23)/t10-/m0/s1. The predicted octanol–water partition coefficient (Wildman–Crippen LogP) is 2.95. The molecule has 8 heteroatoms. The lowest BCUT2D eigenvalue weighted by Gasteiger charge is -2.16. The van der Waals surface area contributed by atoms with Crippen molar-refractivity contribution in [2.75, 3.05) is 14.2 Å². The molecular formula is C19H19NO6S. The molecule has 0 unspecified atom stereocenters. The zero-order chi connectivity index (χ0) is 19.6. The van der Waals surface area contributed by atoms with E-state index in [1.54, 1.807) is 13.2 Å². The number of ether oxygens (including phenoxy) is 3. The first-order chi connectivity index (χ1) is 12.9. The van der Waals surface area contributed by atoms with Crippen LogP contribution in [0.5, 0.6) is 5.75 Å². The Bertz CT molecular complexity index is 904. The molecule has 1 N–H and O–H groups in total. The van der Waals surface area contributed by atoms with Crippen molar-refractivity contribution in [2.45, 2.75) is 25.9 Å². The summed E-state index contributed by atoms with van der Waals surface area (Å²) >= 11 is 1.33. The van der Waals surface area contributed by atoms with Crippen LogP contribution in [0.3, 0.4) is 0 Å². The summed E-state index contributed by atoms with van der Waals surface area (Å²) in [5.74, 6) is -0.537. The normalized spacial score (nSPS) is 13.0. The Morgan fingerprint density at radius 2 is 1.85 bits per heavy atom. The number of hydrogen-bond donors (Lipinski definition) is 1. The molecule has 0 saturated heterocycles. The molecule has 1 aromatic carbocycles. The van der Waals surface area contributed by atoms with Crippen LogP contribution in [0.25, 0.3) is 10.4 Å². The summed E-state index contributed by atoms with van der Waals surface area (Å²) in [4.78, 5) is 36.7. The first-order valence-electron chi connectivity index (χ1n) is 8.32. The van der Waals surface area contributed by atoms with E-state index < -0.39 is 24.1 Å². The maximum atomic E-state index is 12.4. The second-order valence-corrected chi connectivity index (χ2v) is 7.07. The van der Waals surface area contributed by atoms with E-state index in [4.69, 9.17) is 9.47 Å². The van der Waals surface area contributed by atoms with Crippen LogP contribution in [-0.2, 0) is 27.1 Å². The number of thiophene rings is 1. The number of benzene rings is 1. The number of carbonyl (C=O) groups is 3. The third-order valence-corrected chi connectivity index (χ3v) is 5.49. The van der Waals surface area contributed by atoms with Crippen LogP contribution in [0, 0.1) is 0 Å². The Morgan fingerprint density at radius 3 is 2.56 bits per heavy atom. The summed E-state index contributed by atoms with van der Waals surface area (Å²) in [5, 5.41) is 1.97. The number of rotatable bonds is 4. The molecule has 0 saturated carbocycles. The zero-order valence-electron chi connectivity index (χ0n) is 15.2. The lowest BCUT2D eigenvalue weighted by atomic mass is 9.91. The van der Waals surface area contributed by atoms with Crippen molar-refractivity contribution in [3.63, 3.8) is 0 Å². The fourth-order valence-corrected chi connectivity index (χ4v) is 4.02. The molecule has 0 radical (unpaired) electrons. The number of methoxy groups -OCH3 is 2. The largest absolute Gasteiger partial charge is 0.497 e. The zero-order valence-corrected chi connectivity index (χ0v) is 16.0. The number of carbonyl (C=O) groups excluding carboxylic acids is 3. The number of aryl methyl sites for hydroxylation is 2. The Morgan fingerprint density at radius 1 is 1.11 bits per heavy atom. The molecule has 1 aromatic heterocycles. The fourth-order valence-electron chi connectivity index (χ4n) is 2.86. The van der Waals surface area contributed by atoms with E-state index in [1.165, 1.54) is 23.8 Å². The van der Waals surface area contributed by atoms with Gasteiger partial charge in [-0.2, -0.15) is 0 Å². The summed E-state index contributed by atoms with van der Waals surface area (Å²) < 4.78 is 14.8. The average Bonchev–Trinajstić information content (AvgIpc) is 3.12. The van der Waals surface area contributed by atoms with Gasteiger partial charge in [0.15, 0.2) is 6.10 Å². The van der Waals surface area contributed by atoms with E-state index in [2.05, 4.69) is 4.74 Å². The van der Waals surface area contributed by atoms with E-state index in [1.807, 2.05) is 23.5 Å². The third kappa shape index (κ3) is 3.95. The summed E-state index contributed by atoms with van der Waals surface area (Å²) in [5.41, 5.74) is 3.34. The van der Waals surface area contributed by atoms with Gasteiger partial charge < -0.3 is 14.2 Å². The number of esters is 1. The topological polar surface area (TPSA) is 90.9 Å². The number of alkyl carbamates (subject to hydrolysis) is 1. The van der Waals surface area contributed by atoms with Crippen molar-refractivity contribution >= 4 is 29.3 Å². The number of fused-ring (bicyclic) bond motifs is 3. The molecule has 7 nitrogen and oxygen atoms in total. The molecule has 27 heavy (non-hydrogen) atoms.